The summed E-state index contributed by atoms with van der Waals surface area (Å²) in [4.78, 5) is 4.38. The van der Waals surface area contributed by atoms with E-state index in [0.717, 1.165) is 26.9 Å². The van der Waals surface area contributed by atoms with E-state index < -0.39 is 22.0 Å². The third-order valence-electron chi connectivity index (χ3n) is 6.18. The van der Waals surface area contributed by atoms with Gasteiger partial charge in [-0.05, 0) is 41.8 Å². The predicted octanol–water partition coefficient (Wildman–Crippen LogP) is 3.52. The van der Waals surface area contributed by atoms with Gasteiger partial charge in [-0.1, -0.05) is 54.6 Å². The summed E-state index contributed by atoms with van der Waals surface area (Å²) in [6, 6.07) is 22.3. The van der Waals surface area contributed by atoms with Crippen molar-refractivity contribution in [2.75, 3.05) is 26.2 Å². The lowest BCUT2D eigenvalue weighted by molar-refractivity contribution is 0.136. The molecule has 0 radical (unpaired) electrons. The molecule has 0 amide bonds. The summed E-state index contributed by atoms with van der Waals surface area (Å²) < 4.78 is 29.7. The van der Waals surface area contributed by atoms with Crippen molar-refractivity contribution < 1.29 is 18.6 Å². The third kappa shape index (κ3) is 6.36. The van der Waals surface area contributed by atoms with Gasteiger partial charge in [-0.2, -0.15) is 4.31 Å². The number of rotatable bonds is 12. The molecule has 3 aromatic carbocycles. The third-order valence-corrected chi connectivity index (χ3v) is 8.80. The highest BCUT2D eigenvalue weighted by molar-refractivity contribution is 7.89. The summed E-state index contributed by atoms with van der Waals surface area (Å²) in [5, 5.41) is 24.2. The van der Waals surface area contributed by atoms with Crippen molar-refractivity contribution in [3.05, 3.63) is 95.0 Å². The monoisotopic (exact) mass is 525 g/mol. The first kappa shape index (κ1) is 26.4. The molecule has 0 aliphatic carbocycles. The molecule has 0 saturated heterocycles. The van der Waals surface area contributed by atoms with Gasteiger partial charge in [0.05, 0.1) is 33.3 Å². The number of thiazole rings is 1. The fourth-order valence-corrected chi connectivity index (χ4v) is 6.58. The molecule has 0 spiro atoms. The Morgan fingerprint density at radius 3 is 2.53 bits per heavy atom. The second-order valence-electron chi connectivity index (χ2n) is 8.81. The molecule has 0 saturated carbocycles. The first-order valence-corrected chi connectivity index (χ1v) is 14.1. The molecule has 36 heavy (non-hydrogen) atoms. The highest BCUT2D eigenvalue weighted by atomic mass is 32.2. The molecule has 190 valence electrons. The molecule has 3 N–H and O–H groups in total. The molecule has 4 aromatic rings. The Hall–Kier alpha value is -2.66. The van der Waals surface area contributed by atoms with Crippen molar-refractivity contribution in [2.24, 2.45) is 0 Å². The number of hydrogen-bond donors (Lipinski definition) is 3. The molecule has 1 unspecified atom stereocenters. The Bertz CT molecular complexity index is 1380. The van der Waals surface area contributed by atoms with Crippen molar-refractivity contribution in [3.8, 4) is 0 Å². The molecule has 1 aromatic heterocycles. The standard InChI is InChI=1S/C27H31N3O4S2/c1-20-7-5-6-10-25(20)22(18-31)16-30(17-23(32)15-28-14-21-8-3-2-4-9-21)36(33,34)24-11-12-26-27(13-24)35-19-29-26/h2-13,19,22-23,28,31-32H,14-18H2,1H3/t22?,23-/m1/s1. The zero-order valence-electron chi connectivity index (χ0n) is 20.1. The van der Waals surface area contributed by atoms with E-state index in [9.17, 15) is 18.6 Å². The zero-order valence-corrected chi connectivity index (χ0v) is 21.8. The normalized spacial score (nSPS) is 13.8. The Morgan fingerprint density at radius 1 is 1.03 bits per heavy atom. The molecule has 1 heterocycles. The van der Waals surface area contributed by atoms with Crippen LogP contribution in [-0.4, -0.2) is 60.3 Å². The number of nitrogens with zero attached hydrogens (tertiary/aromatic N) is 2. The molecule has 2 atom stereocenters. The first-order valence-electron chi connectivity index (χ1n) is 11.8. The van der Waals surface area contributed by atoms with Gasteiger partial charge in [0.2, 0.25) is 10.0 Å². The largest absolute Gasteiger partial charge is 0.396 e. The van der Waals surface area contributed by atoms with Crippen molar-refractivity contribution >= 4 is 31.6 Å². The minimum absolute atomic E-state index is 0.0418. The van der Waals surface area contributed by atoms with E-state index in [2.05, 4.69) is 10.3 Å². The maximum Gasteiger partial charge on any atom is 0.243 e. The van der Waals surface area contributed by atoms with Gasteiger partial charge in [-0.25, -0.2) is 13.4 Å². The molecular formula is C27H31N3O4S2. The summed E-state index contributed by atoms with van der Waals surface area (Å²) in [6.45, 7) is 2.45. The van der Waals surface area contributed by atoms with Crippen LogP contribution in [0.1, 0.15) is 22.6 Å². The first-order chi connectivity index (χ1) is 17.4. The van der Waals surface area contributed by atoms with E-state index in [4.69, 9.17) is 0 Å². The van der Waals surface area contributed by atoms with Crippen LogP contribution in [-0.2, 0) is 16.6 Å². The van der Waals surface area contributed by atoms with Gasteiger partial charge in [0.25, 0.3) is 0 Å². The average Bonchev–Trinajstić information content (AvgIpc) is 3.36. The number of aliphatic hydroxyl groups excluding tert-OH is 2. The summed E-state index contributed by atoms with van der Waals surface area (Å²) >= 11 is 1.38. The highest BCUT2D eigenvalue weighted by Crippen LogP contribution is 2.27. The molecule has 0 aliphatic heterocycles. The Labute approximate surface area is 216 Å². The lowest BCUT2D eigenvalue weighted by Gasteiger charge is -2.29. The quantitative estimate of drug-likeness (QED) is 0.262. The minimum atomic E-state index is -3.96. The second-order valence-corrected chi connectivity index (χ2v) is 11.6. The highest BCUT2D eigenvalue weighted by Gasteiger charge is 2.30. The van der Waals surface area contributed by atoms with E-state index in [1.54, 1.807) is 23.7 Å². The summed E-state index contributed by atoms with van der Waals surface area (Å²) in [7, 11) is -3.96. The number of benzene rings is 3. The smallest absolute Gasteiger partial charge is 0.243 e. The molecule has 0 bridgehead atoms. The van der Waals surface area contributed by atoms with Crippen LogP contribution in [0, 0.1) is 6.92 Å². The summed E-state index contributed by atoms with van der Waals surface area (Å²) in [5.41, 5.74) is 5.36. The van der Waals surface area contributed by atoms with E-state index >= 15 is 0 Å². The lowest BCUT2D eigenvalue weighted by Crippen LogP contribution is -2.43. The van der Waals surface area contributed by atoms with Gasteiger partial charge in [-0.3, -0.25) is 0 Å². The van der Waals surface area contributed by atoms with Crippen molar-refractivity contribution in [3.63, 3.8) is 0 Å². The van der Waals surface area contributed by atoms with Crippen LogP contribution in [0.25, 0.3) is 10.2 Å². The topological polar surface area (TPSA) is 103 Å². The van der Waals surface area contributed by atoms with Crippen LogP contribution in [0.2, 0.25) is 0 Å². The van der Waals surface area contributed by atoms with Crippen LogP contribution in [0.3, 0.4) is 0 Å². The van der Waals surface area contributed by atoms with Gasteiger partial charge >= 0.3 is 0 Å². The number of aliphatic hydroxyl groups is 2. The lowest BCUT2D eigenvalue weighted by atomic mass is 9.95. The maximum absolute atomic E-state index is 13.8. The van der Waals surface area contributed by atoms with E-state index in [1.165, 1.54) is 15.6 Å². The summed E-state index contributed by atoms with van der Waals surface area (Å²) in [5.74, 6) is -0.433. The predicted molar refractivity (Wildman–Crippen MR) is 144 cm³/mol. The Morgan fingerprint density at radius 2 is 1.78 bits per heavy atom. The Balaban J connectivity index is 1.56. The summed E-state index contributed by atoms with van der Waals surface area (Å²) in [6.07, 6.45) is -0.938. The van der Waals surface area contributed by atoms with Crippen LogP contribution in [0.4, 0.5) is 0 Å². The van der Waals surface area contributed by atoms with E-state index in [1.807, 2.05) is 61.5 Å². The fraction of sp³-hybridized carbons (Fsp3) is 0.296. The molecule has 9 heteroatoms. The molecule has 7 nitrogen and oxygen atoms in total. The second kappa shape index (κ2) is 12.1. The average molecular weight is 526 g/mol. The number of nitrogens with one attached hydrogen (secondary N) is 1. The number of aromatic nitrogens is 1. The maximum atomic E-state index is 13.8. The number of fused-ring (bicyclic) bond motifs is 1. The van der Waals surface area contributed by atoms with Crippen LogP contribution in [0.15, 0.2) is 83.2 Å². The van der Waals surface area contributed by atoms with E-state index in [0.29, 0.717) is 6.54 Å². The van der Waals surface area contributed by atoms with E-state index in [-0.39, 0.29) is 31.1 Å². The van der Waals surface area contributed by atoms with Crippen molar-refractivity contribution in [2.45, 2.75) is 30.4 Å². The molecular weight excluding hydrogens is 494 g/mol. The van der Waals surface area contributed by atoms with Crippen molar-refractivity contribution in [1.29, 1.82) is 0 Å². The van der Waals surface area contributed by atoms with Crippen LogP contribution >= 0.6 is 11.3 Å². The number of hydrogen-bond acceptors (Lipinski definition) is 7. The van der Waals surface area contributed by atoms with Gasteiger partial charge in [0, 0.05) is 32.1 Å². The van der Waals surface area contributed by atoms with Gasteiger partial charge in [-0.15, -0.1) is 11.3 Å². The van der Waals surface area contributed by atoms with Crippen LogP contribution < -0.4 is 5.32 Å². The van der Waals surface area contributed by atoms with Crippen molar-refractivity contribution in [1.82, 2.24) is 14.6 Å². The zero-order chi connectivity index (χ0) is 25.5. The van der Waals surface area contributed by atoms with Gasteiger partial charge < -0.3 is 15.5 Å². The number of sulfonamides is 1. The van der Waals surface area contributed by atoms with Gasteiger partial charge in [0.15, 0.2) is 0 Å². The molecule has 4 rings (SSSR count). The number of aryl methyl sites for hydroxylation is 1. The fourth-order valence-electron chi connectivity index (χ4n) is 4.24. The Kier molecular flexibility index (Phi) is 8.84. The molecule has 0 fully saturated rings. The van der Waals surface area contributed by atoms with Crippen LogP contribution in [0.5, 0.6) is 0 Å². The SMILES string of the molecule is Cc1ccccc1C(CO)CN(C[C@H](O)CNCc1ccccc1)S(=O)(=O)c1ccc2ncsc2c1. The molecule has 0 aliphatic rings. The van der Waals surface area contributed by atoms with Gasteiger partial charge in [0.1, 0.15) is 0 Å². The minimum Gasteiger partial charge on any atom is -0.396 e.